The summed E-state index contributed by atoms with van der Waals surface area (Å²) in [6.45, 7) is 4.15. The van der Waals surface area contributed by atoms with Crippen LogP contribution in [-0.2, 0) is 19.2 Å². The number of benzene rings is 2. The van der Waals surface area contributed by atoms with Crippen molar-refractivity contribution in [1.82, 2.24) is 0 Å². The molecule has 0 aliphatic carbocycles. The SMILES string of the molecule is Cc1ccc(C)c(N2C[C@H](C(=O)Oc3cccc(N4C(=O)CCCC4=O)c3)CC2=O)c1. The van der Waals surface area contributed by atoms with Crippen LogP contribution in [0.15, 0.2) is 42.5 Å². The van der Waals surface area contributed by atoms with E-state index in [1.807, 2.05) is 32.0 Å². The first kappa shape index (κ1) is 20.8. The van der Waals surface area contributed by atoms with Gasteiger partial charge in [-0.3, -0.25) is 24.1 Å². The summed E-state index contributed by atoms with van der Waals surface area (Å²) in [5, 5.41) is 0. The van der Waals surface area contributed by atoms with Crippen molar-refractivity contribution in [1.29, 1.82) is 0 Å². The van der Waals surface area contributed by atoms with Crippen LogP contribution >= 0.6 is 0 Å². The average Bonchev–Trinajstić information content (AvgIpc) is 3.12. The van der Waals surface area contributed by atoms with Crippen molar-refractivity contribution >= 4 is 35.1 Å². The Balaban J connectivity index is 1.48. The number of imide groups is 1. The summed E-state index contributed by atoms with van der Waals surface area (Å²) in [4.78, 5) is 52.4. The maximum Gasteiger partial charge on any atom is 0.316 e. The lowest BCUT2D eigenvalue weighted by molar-refractivity contribution is -0.139. The van der Waals surface area contributed by atoms with Crippen LogP contribution in [0.4, 0.5) is 11.4 Å². The molecular weight excluding hydrogens is 396 g/mol. The highest BCUT2D eigenvalue weighted by atomic mass is 16.5. The van der Waals surface area contributed by atoms with Crippen molar-refractivity contribution in [3.8, 4) is 5.75 Å². The predicted molar refractivity (Wildman–Crippen MR) is 115 cm³/mol. The molecule has 160 valence electrons. The van der Waals surface area contributed by atoms with E-state index in [0.717, 1.165) is 21.7 Å². The molecular formula is C24H24N2O5. The Bertz CT molecular complexity index is 1060. The van der Waals surface area contributed by atoms with Gasteiger partial charge in [0.25, 0.3) is 0 Å². The van der Waals surface area contributed by atoms with Gasteiger partial charge in [-0.1, -0.05) is 18.2 Å². The van der Waals surface area contributed by atoms with Crippen molar-refractivity contribution in [2.24, 2.45) is 5.92 Å². The molecule has 2 aliphatic rings. The molecule has 7 nitrogen and oxygen atoms in total. The summed E-state index contributed by atoms with van der Waals surface area (Å²) in [6, 6.07) is 12.3. The van der Waals surface area contributed by atoms with Gasteiger partial charge in [0.1, 0.15) is 5.75 Å². The molecule has 0 N–H and O–H groups in total. The third kappa shape index (κ3) is 4.21. The summed E-state index contributed by atoms with van der Waals surface area (Å²) < 4.78 is 5.52. The second kappa shape index (κ2) is 8.34. The van der Waals surface area contributed by atoms with Crippen molar-refractivity contribution in [3.63, 3.8) is 0 Å². The molecule has 2 aromatic rings. The van der Waals surface area contributed by atoms with Gasteiger partial charge in [0, 0.05) is 37.6 Å². The number of hydrogen-bond donors (Lipinski definition) is 0. The van der Waals surface area contributed by atoms with E-state index >= 15 is 0 Å². The number of amides is 3. The average molecular weight is 420 g/mol. The fourth-order valence-electron chi connectivity index (χ4n) is 4.04. The first-order valence-corrected chi connectivity index (χ1v) is 10.4. The Labute approximate surface area is 180 Å². The fraction of sp³-hybridized carbons (Fsp3) is 0.333. The number of carbonyl (C=O) groups is 4. The summed E-state index contributed by atoms with van der Waals surface area (Å²) in [5.74, 6) is -1.49. The zero-order chi connectivity index (χ0) is 22.1. The highest BCUT2D eigenvalue weighted by molar-refractivity contribution is 6.16. The lowest BCUT2D eigenvalue weighted by Gasteiger charge is -2.25. The van der Waals surface area contributed by atoms with E-state index in [2.05, 4.69) is 0 Å². The standard InChI is InChI=1S/C24H24N2O5/c1-15-9-10-16(2)20(11-15)25-14-17(12-23(25)29)24(30)31-19-6-3-5-18(13-19)26-21(27)7-4-8-22(26)28/h3,5-6,9-11,13,17H,4,7-8,12,14H2,1-2H3/t17-/m1/s1. The first-order valence-electron chi connectivity index (χ1n) is 10.4. The number of piperidine rings is 1. The van der Waals surface area contributed by atoms with E-state index in [1.165, 1.54) is 6.07 Å². The van der Waals surface area contributed by atoms with Crippen LogP contribution in [0.2, 0.25) is 0 Å². The molecule has 1 atom stereocenters. The minimum Gasteiger partial charge on any atom is -0.426 e. The molecule has 2 aliphatic heterocycles. The topological polar surface area (TPSA) is 84.0 Å². The Morgan fingerprint density at radius 1 is 0.968 bits per heavy atom. The molecule has 0 aromatic heterocycles. The van der Waals surface area contributed by atoms with Crippen molar-refractivity contribution < 1.29 is 23.9 Å². The van der Waals surface area contributed by atoms with Gasteiger partial charge in [-0.25, -0.2) is 0 Å². The second-order valence-corrected chi connectivity index (χ2v) is 8.09. The first-order chi connectivity index (χ1) is 14.8. The molecule has 7 heteroatoms. The van der Waals surface area contributed by atoms with Gasteiger partial charge in [0.2, 0.25) is 17.7 Å². The second-order valence-electron chi connectivity index (χ2n) is 8.09. The highest BCUT2D eigenvalue weighted by Crippen LogP contribution is 2.31. The Hall–Kier alpha value is -3.48. The molecule has 2 heterocycles. The third-order valence-corrected chi connectivity index (χ3v) is 5.69. The van der Waals surface area contributed by atoms with E-state index in [-0.39, 0.29) is 36.4 Å². The van der Waals surface area contributed by atoms with Crippen LogP contribution in [0, 0.1) is 19.8 Å². The van der Waals surface area contributed by atoms with Crippen LogP contribution in [0.3, 0.4) is 0 Å². The van der Waals surface area contributed by atoms with Crippen molar-refractivity contribution in [2.45, 2.75) is 39.5 Å². The number of rotatable bonds is 4. The lowest BCUT2D eigenvalue weighted by Crippen LogP contribution is -2.40. The fourth-order valence-corrected chi connectivity index (χ4v) is 4.04. The third-order valence-electron chi connectivity index (χ3n) is 5.69. The van der Waals surface area contributed by atoms with E-state index < -0.39 is 11.9 Å². The summed E-state index contributed by atoms with van der Waals surface area (Å²) in [5.41, 5.74) is 3.21. The zero-order valence-electron chi connectivity index (χ0n) is 17.6. The molecule has 0 radical (unpaired) electrons. The molecule has 2 aromatic carbocycles. The van der Waals surface area contributed by atoms with E-state index in [1.54, 1.807) is 23.1 Å². The maximum atomic E-state index is 12.8. The maximum absolute atomic E-state index is 12.8. The summed E-state index contributed by atoms with van der Waals surface area (Å²) in [7, 11) is 0. The van der Waals surface area contributed by atoms with E-state index in [9.17, 15) is 19.2 Å². The van der Waals surface area contributed by atoms with E-state index in [0.29, 0.717) is 24.9 Å². The quantitative estimate of drug-likeness (QED) is 0.431. The van der Waals surface area contributed by atoms with Crippen LogP contribution in [0.25, 0.3) is 0 Å². The summed E-state index contributed by atoms with van der Waals surface area (Å²) >= 11 is 0. The molecule has 2 fully saturated rings. The number of esters is 1. The molecule has 2 saturated heterocycles. The van der Waals surface area contributed by atoms with Gasteiger partial charge in [0.15, 0.2) is 0 Å². The van der Waals surface area contributed by atoms with Gasteiger partial charge >= 0.3 is 5.97 Å². The smallest absolute Gasteiger partial charge is 0.316 e. The van der Waals surface area contributed by atoms with Gasteiger partial charge in [0.05, 0.1) is 11.6 Å². The molecule has 0 bridgehead atoms. The molecule has 3 amide bonds. The van der Waals surface area contributed by atoms with Crippen LogP contribution in [0.5, 0.6) is 5.75 Å². The molecule has 0 unspecified atom stereocenters. The Kier molecular flexibility index (Phi) is 5.59. The monoisotopic (exact) mass is 420 g/mol. The van der Waals surface area contributed by atoms with Gasteiger partial charge in [-0.15, -0.1) is 0 Å². The predicted octanol–water partition coefficient (Wildman–Crippen LogP) is 3.31. The van der Waals surface area contributed by atoms with Crippen LogP contribution in [-0.4, -0.2) is 30.2 Å². The number of ether oxygens (including phenoxy) is 1. The normalized spacial score (nSPS) is 19.2. The van der Waals surface area contributed by atoms with Gasteiger partial charge in [-0.2, -0.15) is 0 Å². The molecule has 31 heavy (non-hydrogen) atoms. The summed E-state index contributed by atoms with van der Waals surface area (Å²) in [6.07, 6.45) is 1.26. The van der Waals surface area contributed by atoms with Crippen molar-refractivity contribution in [2.75, 3.05) is 16.3 Å². The van der Waals surface area contributed by atoms with Crippen LogP contribution < -0.4 is 14.5 Å². The number of anilines is 2. The van der Waals surface area contributed by atoms with E-state index in [4.69, 9.17) is 4.74 Å². The van der Waals surface area contributed by atoms with Crippen molar-refractivity contribution in [3.05, 3.63) is 53.6 Å². The largest absolute Gasteiger partial charge is 0.426 e. The minimum absolute atomic E-state index is 0.0784. The molecule has 4 rings (SSSR count). The Morgan fingerprint density at radius 2 is 1.71 bits per heavy atom. The number of carbonyl (C=O) groups excluding carboxylic acids is 4. The van der Waals surface area contributed by atoms with Crippen LogP contribution in [0.1, 0.15) is 36.8 Å². The zero-order valence-corrected chi connectivity index (χ0v) is 17.6. The number of hydrogen-bond acceptors (Lipinski definition) is 5. The molecule has 0 spiro atoms. The lowest BCUT2D eigenvalue weighted by atomic mass is 10.1. The highest BCUT2D eigenvalue weighted by Gasteiger charge is 2.37. The van der Waals surface area contributed by atoms with Gasteiger partial charge < -0.3 is 9.64 Å². The van der Waals surface area contributed by atoms with Gasteiger partial charge in [-0.05, 0) is 49.6 Å². The number of nitrogens with zero attached hydrogens (tertiary/aromatic N) is 2. The molecule has 0 saturated carbocycles. The Morgan fingerprint density at radius 3 is 2.45 bits per heavy atom. The number of aryl methyl sites for hydroxylation is 2. The minimum atomic E-state index is -0.589.